The van der Waals surface area contributed by atoms with Gasteiger partial charge in [-0.15, -0.1) is 0 Å². The first-order valence-corrected chi connectivity index (χ1v) is 13.1. The van der Waals surface area contributed by atoms with Crippen LogP contribution in [0.2, 0.25) is 15.1 Å². The fraction of sp³-hybridized carbons (Fsp3) is 0.120. The number of sulfonamides is 1. The van der Waals surface area contributed by atoms with Crippen molar-refractivity contribution in [2.75, 3.05) is 13.2 Å². The van der Waals surface area contributed by atoms with Crippen LogP contribution in [0.5, 0.6) is 5.75 Å². The van der Waals surface area contributed by atoms with Gasteiger partial charge in [0.2, 0.25) is 10.0 Å². The lowest BCUT2D eigenvalue weighted by Crippen LogP contribution is -2.39. The lowest BCUT2D eigenvalue weighted by molar-refractivity contribution is -0.121. The Labute approximate surface area is 225 Å². The van der Waals surface area contributed by atoms with Gasteiger partial charge in [-0.2, -0.15) is 9.41 Å². The zero-order valence-electron chi connectivity index (χ0n) is 18.9. The maximum absolute atomic E-state index is 13.4. The van der Waals surface area contributed by atoms with Gasteiger partial charge in [-0.3, -0.25) is 4.79 Å². The number of hydrogen-bond acceptors (Lipinski definition) is 5. The van der Waals surface area contributed by atoms with E-state index in [1.54, 1.807) is 48.5 Å². The van der Waals surface area contributed by atoms with Crippen LogP contribution in [-0.2, 0) is 21.4 Å². The summed E-state index contributed by atoms with van der Waals surface area (Å²) in [6.07, 6.45) is 3.07. The van der Waals surface area contributed by atoms with E-state index < -0.39 is 22.5 Å². The van der Waals surface area contributed by atoms with E-state index in [4.69, 9.17) is 39.5 Å². The molecule has 0 aliphatic heterocycles. The molecule has 0 atom stereocenters. The van der Waals surface area contributed by atoms with E-state index >= 15 is 0 Å². The third-order valence-corrected chi connectivity index (χ3v) is 7.58. The number of nitrogens with zero attached hydrogens (tertiary/aromatic N) is 2. The average Bonchev–Trinajstić information content (AvgIpc) is 2.85. The van der Waals surface area contributed by atoms with Gasteiger partial charge in [-0.25, -0.2) is 13.8 Å². The Hall–Kier alpha value is -2.88. The molecular weight excluding hydrogens is 545 g/mol. The third-order valence-electron chi connectivity index (χ3n) is 4.82. The summed E-state index contributed by atoms with van der Waals surface area (Å²) < 4.78 is 33.1. The van der Waals surface area contributed by atoms with Crippen molar-refractivity contribution < 1.29 is 17.9 Å². The summed E-state index contributed by atoms with van der Waals surface area (Å²) in [5.74, 6) is 0.00951. The predicted molar refractivity (Wildman–Crippen MR) is 143 cm³/mol. The van der Waals surface area contributed by atoms with Crippen molar-refractivity contribution in [1.82, 2.24) is 9.73 Å². The Morgan fingerprint density at radius 3 is 2.25 bits per heavy atom. The number of amides is 1. The first-order chi connectivity index (χ1) is 17.2. The van der Waals surface area contributed by atoms with Crippen molar-refractivity contribution in [3.05, 3.63) is 106 Å². The maximum Gasteiger partial charge on any atom is 0.255 e. The molecule has 0 fully saturated rings. The molecule has 3 aromatic rings. The van der Waals surface area contributed by atoms with Gasteiger partial charge >= 0.3 is 0 Å². The Morgan fingerprint density at radius 2 is 1.64 bits per heavy atom. The van der Waals surface area contributed by atoms with Crippen LogP contribution in [0.1, 0.15) is 11.1 Å². The molecule has 3 rings (SSSR count). The molecule has 0 heterocycles. The Bertz CT molecular complexity index is 1330. The molecule has 0 unspecified atom stereocenters. The zero-order valence-corrected chi connectivity index (χ0v) is 22.0. The monoisotopic (exact) mass is 565 g/mol. The van der Waals surface area contributed by atoms with E-state index in [9.17, 15) is 13.2 Å². The molecule has 0 bridgehead atoms. The molecular formula is C25H22Cl3N3O4S. The summed E-state index contributed by atoms with van der Waals surface area (Å²) >= 11 is 18.4. The SMILES string of the molecule is C=CCOc1ccc(/C=N\NC(=O)CN(Cc2c(Cl)cccc2Cl)S(=O)(=O)c2ccc(Cl)cc2)cc1. The molecule has 0 spiro atoms. The highest BCUT2D eigenvalue weighted by atomic mass is 35.5. The zero-order chi connectivity index (χ0) is 26.1. The number of ether oxygens (including phenoxy) is 1. The molecule has 0 aromatic heterocycles. The molecule has 36 heavy (non-hydrogen) atoms. The second-order valence-electron chi connectivity index (χ2n) is 7.39. The van der Waals surface area contributed by atoms with Crippen LogP contribution in [0.3, 0.4) is 0 Å². The molecule has 3 aromatic carbocycles. The second-order valence-corrected chi connectivity index (χ2v) is 10.6. The highest BCUT2D eigenvalue weighted by Gasteiger charge is 2.28. The Balaban J connectivity index is 1.77. The number of rotatable bonds is 11. The molecule has 11 heteroatoms. The molecule has 1 N–H and O–H groups in total. The molecule has 0 radical (unpaired) electrons. The molecule has 0 saturated carbocycles. The van der Waals surface area contributed by atoms with Crippen molar-refractivity contribution in [2.45, 2.75) is 11.4 Å². The van der Waals surface area contributed by atoms with Crippen LogP contribution in [0.15, 0.2) is 89.4 Å². The number of benzene rings is 3. The summed E-state index contributed by atoms with van der Waals surface area (Å²) in [5, 5.41) is 4.85. The predicted octanol–water partition coefficient (Wildman–Crippen LogP) is 5.55. The van der Waals surface area contributed by atoms with Crippen LogP contribution < -0.4 is 10.2 Å². The molecule has 0 aliphatic rings. The van der Waals surface area contributed by atoms with E-state index in [0.29, 0.717) is 28.5 Å². The number of carbonyl (C=O) groups is 1. The highest BCUT2D eigenvalue weighted by molar-refractivity contribution is 7.89. The first-order valence-electron chi connectivity index (χ1n) is 10.5. The van der Waals surface area contributed by atoms with Crippen molar-refractivity contribution in [2.24, 2.45) is 5.10 Å². The number of hydrazone groups is 1. The third kappa shape index (κ3) is 7.56. The minimum Gasteiger partial charge on any atom is -0.490 e. The fourth-order valence-electron chi connectivity index (χ4n) is 3.02. The first kappa shape index (κ1) is 27.7. The van der Waals surface area contributed by atoms with Crippen molar-refractivity contribution in [3.63, 3.8) is 0 Å². The highest BCUT2D eigenvalue weighted by Crippen LogP contribution is 2.28. The van der Waals surface area contributed by atoms with Crippen LogP contribution in [0.4, 0.5) is 0 Å². The van der Waals surface area contributed by atoms with Gasteiger partial charge in [0.25, 0.3) is 5.91 Å². The van der Waals surface area contributed by atoms with E-state index in [-0.39, 0.29) is 21.5 Å². The Kier molecular flexibility index (Phi) is 9.92. The van der Waals surface area contributed by atoms with E-state index in [2.05, 4.69) is 17.1 Å². The smallest absolute Gasteiger partial charge is 0.255 e. The molecule has 0 aliphatic carbocycles. The minimum absolute atomic E-state index is 0.0369. The van der Waals surface area contributed by atoms with E-state index in [0.717, 1.165) is 4.31 Å². The number of carbonyl (C=O) groups excluding carboxylic acids is 1. The number of nitrogens with one attached hydrogen (secondary N) is 1. The fourth-order valence-corrected chi connectivity index (χ4v) is 5.03. The summed E-state index contributed by atoms with van der Waals surface area (Å²) in [4.78, 5) is 12.6. The van der Waals surface area contributed by atoms with E-state index in [1.807, 2.05) is 0 Å². The molecule has 188 valence electrons. The lowest BCUT2D eigenvalue weighted by Gasteiger charge is -2.22. The number of hydrogen-bond donors (Lipinski definition) is 1. The lowest BCUT2D eigenvalue weighted by atomic mass is 10.2. The van der Waals surface area contributed by atoms with Gasteiger partial charge in [0, 0.05) is 27.2 Å². The minimum atomic E-state index is -4.11. The van der Waals surface area contributed by atoms with Gasteiger partial charge in [-0.1, -0.05) is 53.5 Å². The number of halogens is 3. The normalized spacial score (nSPS) is 11.6. The average molecular weight is 567 g/mol. The molecule has 0 saturated heterocycles. The summed E-state index contributed by atoms with van der Waals surface area (Å²) in [5.41, 5.74) is 3.42. The summed E-state index contributed by atoms with van der Waals surface area (Å²) in [6.45, 7) is 3.22. The van der Waals surface area contributed by atoms with Crippen LogP contribution in [-0.4, -0.2) is 38.0 Å². The van der Waals surface area contributed by atoms with Gasteiger partial charge in [0.15, 0.2) is 0 Å². The molecule has 7 nitrogen and oxygen atoms in total. The van der Waals surface area contributed by atoms with Crippen LogP contribution >= 0.6 is 34.8 Å². The van der Waals surface area contributed by atoms with Gasteiger partial charge < -0.3 is 4.74 Å². The van der Waals surface area contributed by atoms with Crippen molar-refractivity contribution >= 4 is 56.9 Å². The summed E-state index contributed by atoms with van der Waals surface area (Å²) in [7, 11) is -4.11. The molecule has 1 amide bonds. The topological polar surface area (TPSA) is 88.1 Å². The van der Waals surface area contributed by atoms with Gasteiger partial charge in [-0.05, 0) is 66.2 Å². The van der Waals surface area contributed by atoms with Crippen molar-refractivity contribution in [1.29, 1.82) is 0 Å². The standard InChI is InChI=1S/C25H22Cl3N3O4S/c1-2-14-35-20-10-6-18(7-11-20)15-29-30-25(32)17-31(16-22-23(27)4-3-5-24(22)28)36(33,34)21-12-8-19(26)9-13-21/h2-13,15H,1,14,16-17H2,(H,30,32)/b29-15-. The quantitative estimate of drug-likeness (QED) is 0.187. The second kappa shape index (κ2) is 12.9. The van der Waals surface area contributed by atoms with Gasteiger partial charge in [0.1, 0.15) is 12.4 Å². The van der Waals surface area contributed by atoms with E-state index in [1.165, 1.54) is 30.5 Å². The maximum atomic E-state index is 13.4. The van der Waals surface area contributed by atoms with Gasteiger partial charge in [0.05, 0.1) is 17.7 Å². The van der Waals surface area contributed by atoms with Crippen molar-refractivity contribution in [3.8, 4) is 5.75 Å². The summed E-state index contributed by atoms with van der Waals surface area (Å²) in [6, 6.07) is 17.5. The van der Waals surface area contributed by atoms with Crippen LogP contribution in [0, 0.1) is 0 Å². The largest absolute Gasteiger partial charge is 0.490 e. The Morgan fingerprint density at radius 1 is 1.00 bits per heavy atom. The van der Waals surface area contributed by atoms with Crippen LogP contribution in [0.25, 0.3) is 0 Å².